The second kappa shape index (κ2) is 10.7. The molecular formula is C10H25NO5Si. The van der Waals surface area contributed by atoms with Crippen molar-refractivity contribution in [3.05, 3.63) is 0 Å². The van der Waals surface area contributed by atoms with Gasteiger partial charge in [0, 0.05) is 30.4 Å². The molecule has 0 heterocycles. The zero-order valence-corrected chi connectivity index (χ0v) is 13.7. The summed E-state index contributed by atoms with van der Waals surface area (Å²) in [6.45, 7) is 1.90. The molecule has 6 nitrogen and oxygen atoms in total. The van der Waals surface area contributed by atoms with Crippen LogP contribution in [0.25, 0.3) is 0 Å². The van der Waals surface area contributed by atoms with Gasteiger partial charge in [0.25, 0.3) is 0 Å². The molecule has 7 heteroatoms. The van der Waals surface area contributed by atoms with Crippen molar-refractivity contribution in [1.82, 2.24) is 0 Å². The molecule has 104 valence electrons. The number of hydrogen-bond donors (Lipinski definition) is 0. The highest BCUT2D eigenvalue weighted by atomic mass is 28.1. The summed E-state index contributed by atoms with van der Waals surface area (Å²) in [6, 6.07) is 1.28. The minimum absolute atomic E-state index is 0.335. The van der Waals surface area contributed by atoms with E-state index in [1.807, 2.05) is 7.05 Å². The third-order valence-electron chi connectivity index (χ3n) is 2.22. The highest BCUT2D eigenvalue weighted by Gasteiger charge is 2.33. The lowest BCUT2D eigenvalue weighted by molar-refractivity contribution is -1.13. The first-order chi connectivity index (χ1) is 7.87. The molecule has 0 spiro atoms. The van der Waals surface area contributed by atoms with Gasteiger partial charge in [0.2, 0.25) is 0 Å². The normalized spacial score (nSPS) is 14.0. The Morgan fingerprint density at radius 3 is 2.00 bits per heavy atom. The van der Waals surface area contributed by atoms with E-state index in [2.05, 4.69) is 0 Å². The molecule has 0 fully saturated rings. The second-order valence-electron chi connectivity index (χ2n) is 3.70. The van der Waals surface area contributed by atoms with Crippen molar-refractivity contribution in [3.63, 3.8) is 0 Å². The Morgan fingerprint density at radius 2 is 1.76 bits per heavy atom. The number of nitrogens with zero attached hydrogens (tertiary/aromatic N) is 1. The Morgan fingerprint density at radius 1 is 1.35 bits per heavy atom. The van der Waals surface area contributed by atoms with E-state index >= 15 is 0 Å². The molecule has 0 aliphatic carbocycles. The van der Waals surface area contributed by atoms with E-state index in [0.717, 1.165) is 19.9 Å². The first-order valence-electron chi connectivity index (χ1n) is 5.52. The number of carboxylic acids is 1. The summed E-state index contributed by atoms with van der Waals surface area (Å²) in [6.07, 6.45) is 0.818. The lowest BCUT2D eigenvalue weighted by Crippen LogP contribution is -2.53. The first kappa shape index (κ1) is 18.9. The van der Waals surface area contributed by atoms with Gasteiger partial charge in [-0.2, -0.15) is 0 Å². The molecule has 0 bridgehead atoms. The van der Waals surface area contributed by atoms with Crippen molar-refractivity contribution >= 4 is 16.2 Å². The van der Waals surface area contributed by atoms with Gasteiger partial charge >= 0.3 is 6.41 Å². The maximum absolute atomic E-state index is 8.89. The summed E-state index contributed by atoms with van der Waals surface area (Å²) >= 11 is 0. The number of carboxylic acid groups (broad SMARTS) is 1. The minimum Gasteiger partial charge on any atom is -0.550 e. The molecular weight excluding hydrogens is 242 g/mol. The van der Waals surface area contributed by atoms with E-state index < -0.39 is 5.97 Å². The third-order valence-corrected chi connectivity index (χ3v) is 2.93. The van der Waals surface area contributed by atoms with Gasteiger partial charge < -0.3 is 19.4 Å². The quantitative estimate of drug-likeness (QED) is 0.243. The Labute approximate surface area is 106 Å². The van der Waals surface area contributed by atoms with Crippen LogP contribution in [0.4, 0.5) is 0 Å². The SMILES string of the molecule is CC(=O)[O-].COC(OC)[N+](C)(CCC[SiH3])OC. The van der Waals surface area contributed by atoms with E-state index in [-0.39, 0.29) is 6.41 Å². The van der Waals surface area contributed by atoms with Gasteiger partial charge in [0.05, 0.1) is 7.11 Å². The zero-order valence-electron chi connectivity index (χ0n) is 11.7. The van der Waals surface area contributed by atoms with Gasteiger partial charge in [-0.05, 0) is 13.3 Å². The highest BCUT2D eigenvalue weighted by Crippen LogP contribution is 2.13. The van der Waals surface area contributed by atoms with Gasteiger partial charge in [-0.25, -0.2) is 4.84 Å². The highest BCUT2D eigenvalue weighted by molar-refractivity contribution is 6.08. The predicted molar refractivity (Wildman–Crippen MR) is 65.9 cm³/mol. The van der Waals surface area contributed by atoms with Crippen molar-refractivity contribution < 1.29 is 28.9 Å². The number of hydroxylamine groups is 3. The standard InChI is InChI=1S/C8H22NO3Si.C2H4O2/c1-9(12-4,6-5-7-13)8(10-2)11-3;1-2(3)4/h8H,5-7H2,1-4,13H3;1H3,(H,3,4)/q+1;/p-1. The van der Waals surface area contributed by atoms with Crippen molar-refractivity contribution in [1.29, 1.82) is 0 Å². The summed E-state index contributed by atoms with van der Waals surface area (Å²) in [5, 5.41) is 8.89. The van der Waals surface area contributed by atoms with Crippen LogP contribution in [0.2, 0.25) is 6.04 Å². The minimum atomic E-state index is -1.08. The molecule has 0 saturated carbocycles. The summed E-state index contributed by atoms with van der Waals surface area (Å²) in [5.41, 5.74) is 0. The smallest absolute Gasteiger partial charge is 0.338 e. The molecule has 0 rings (SSSR count). The van der Waals surface area contributed by atoms with Gasteiger partial charge in [0.1, 0.15) is 13.6 Å². The van der Waals surface area contributed by atoms with E-state index in [9.17, 15) is 0 Å². The number of quaternary nitrogens is 1. The van der Waals surface area contributed by atoms with E-state index in [0.29, 0.717) is 4.65 Å². The molecule has 0 saturated heterocycles. The molecule has 0 aliphatic heterocycles. The summed E-state index contributed by atoms with van der Waals surface area (Å²) in [4.78, 5) is 14.3. The number of hydrogen-bond acceptors (Lipinski definition) is 5. The maximum atomic E-state index is 8.89. The molecule has 0 aliphatic rings. The van der Waals surface area contributed by atoms with Gasteiger partial charge in [-0.15, -0.1) is 4.65 Å². The topological polar surface area (TPSA) is 67.8 Å². The third kappa shape index (κ3) is 9.25. The predicted octanol–water partition coefficient (Wildman–Crippen LogP) is -1.50. The van der Waals surface area contributed by atoms with Crippen LogP contribution in [0.5, 0.6) is 0 Å². The van der Waals surface area contributed by atoms with Crippen LogP contribution in [0.1, 0.15) is 13.3 Å². The molecule has 0 radical (unpaired) electrons. The van der Waals surface area contributed by atoms with Crippen LogP contribution < -0.4 is 5.11 Å². The molecule has 17 heavy (non-hydrogen) atoms. The largest absolute Gasteiger partial charge is 0.550 e. The molecule has 0 N–H and O–H groups in total. The number of ether oxygens (including phenoxy) is 2. The molecule has 0 aromatic rings. The number of carbonyl (C=O) groups is 1. The number of rotatable bonds is 7. The Balaban J connectivity index is 0. The maximum Gasteiger partial charge on any atom is 0.338 e. The van der Waals surface area contributed by atoms with Gasteiger partial charge in [-0.3, -0.25) is 0 Å². The van der Waals surface area contributed by atoms with Crippen molar-refractivity contribution in [3.8, 4) is 0 Å². The first-order valence-corrected chi connectivity index (χ1v) is 6.93. The number of carbonyl (C=O) groups excluding carboxylic acids is 1. The molecule has 1 atom stereocenters. The molecule has 0 aromatic heterocycles. The molecule has 0 amide bonds. The average molecular weight is 267 g/mol. The Bertz CT molecular complexity index is 197. The van der Waals surface area contributed by atoms with Crippen molar-refractivity contribution in [2.75, 3.05) is 34.9 Å². The number of aliphatic carboxylic acids is 1. The van der Waals surface area contributed by atoms with Crippen LogP contribution in [0, 0.1) is 0 Å². The summed E-state index contributed by atoms with van der Waals surface area (Å²) in [5.74, 6) is -1.08. The van der Waals surface area contributed by atoms with Crippen LogP contribution in [-0.2, 0) is 19.1 Å². The van der Waals surface area contributed by atoms with Crippen LogP contribution in [0.15, 0.2) is 0 Å². The van der Waals surface area contributed by atoms with E-state index in [1.165, 1.54) is 16.3 Å². The van der Waals surface area contributed by atoms with Crippen LogP contribution in [0.3, 0.4) is 0 Å². The molecule has 1 unspecified atom stereocenters. The second-order valence-corrected chi connectivity index (χ2v) is 4.70. The lowest BCUT2D eigenvalue weighted by Gasteiger charge is -2.34. The monoisotopic (exact) mass is 267 g/mol. The van der Waals surface area contributed by atoms with Gasteiger partial charge in [0.15, 0.2) is 0 Å². The van der Waals surface area contributed by atoms with Crippen molar-refractivity contribution in [2.24, 2.45) is 0 Å². The Hall–Kier alpha value is -0.473. The van der Waals surface area contributed by atoms with Crippen LogP contribution in [-0.4, -0.2) is 62.2 Å². The van der Waals surface area contributed by atoms with Crippen LogP contribution >= 0.6 is 0 Å². The fourth-order valence-corrected chi connectivity index (χ4v) is 1.61. The molecule has 0 aromatic carbocycles. The van der Waals surface area contributed by atoms with E-state index in [4.69, 9.17) is 24.2 Å². The Kier molecular flexibility index (Phi) is 11.8. The van der Waals surface area contributed by atoms with Crippen molar-refractivity contribution in [2.45, 2.75) is 25.8 Å². The lowest BCUT2D eigenvalue weighted by atomic mass is 10.4. The average Bonchev–Trinajstić information content (AvgIpc) is 2.27. The summed E-state index contributed by atoms with van der Waals surface area (Å²) < 4.78 is 10.7. The summed E-state index contributed by atoms with van der Waals surface area (Å²) in [7, 11) is 8.14. The fourth-order valence-electron chi connectivity index (χ4n) is 1.30. The van der Waals surface area contributed by atoms with E-state index in [1.54, 1.807) is 21.3 Å². The fraction of sp³-hybridized carbons (Fsp3) is 0.900. The number of methoxy groups -OCH3 is 2. The van der Waals surface area contributed by atoms with Gasteiger partial charge in [-0.1, -0.05) is 6.04 Å². The zero-order chi connectivity index (χ0) is 13.9.